The van der Waals surface area contributed by atoms with E-state index in [0.29, 0.717) is 10.0 Å². The van der Waals surface area contributed by atoms with Crippen molar-refractivity contribution in [1.29, 1.82) is 0 Å². The average molecular weight is 465 g/mol. The fourth-order valence-corrected chi connectivity index (χ4v) is 5.56. The van der Waals surface area contributed by atoms with Crippen molar-refractivity contribution in [1.82, 2.24) is 9.91 Å². The molecule has 4 nitrogen and oxygen atoms in total. The smallest absolute Gasteiger partial charge is 0.200 e. The lowest BCUT2D eigenvalue weighted by molar-refractivity contribution is -0.149. The number of benzene rings is 2. The highest BCUT2D eigenvalue weighted by Gasteiger charge is 2.52. The Kier molecular flexibility index (Phi) is 5.39. The molecule has 30 heavy (non-hydrogen) atoms. The van der Waals surface area contributed by atoms with Crippen LogP contribution in [0, 0.1) is 0 Å². The largest absolute Gasteiger partial charge is 0.464 e. The van der Waals surface area contributed by atoms with Crippen LogP contribution in [-0.2, 0) is 0 Å². The second-order valence-corrected chi connectivity index (χ2v) is 9.59. The van der Waals surface area contributed by atoms with Crippen LogP contribution in [-0.4, -0.2) is 41.0 Å². The number of hydrazone groups is 1. The van der Waals surface area contributed by atoms with Crippen molar-refractivity contribution >= 4 is 40.5 Å². The van der Waals surface area contributed by atoms with Crippen LogP contribution in [0.4, 0.5) is 0 Å². The third-order valence-electron chi connectivity index (χ3n) is 6.37. The number of ether oxygens (including phenoxy) is 1. The number of nitrogens with zero attached hydrogens (tertiary/aromatic N) is 3. The predicted octanol–water partition coefficient (Wildman–Crippen LogP) is 6.39. The summed E-state index contributed by atoms with van der Waals surface area (Å²) in [6.45, 7) is 5.32. The number of rotatable bonds is 3. The van der Waals surface area contributed by atoms with Crippen molar-refractivity contribution in [2.75, 3.05) is 19.6 Å². The summed E-state index contributed by atoms with van der Waals surface area (Å²) in [5.74, 6) is 0.763. The van der Waals surface area contributed by atoms with E-state index >= 15 is 0 Å². The van der Waals surface area contributed by atoms with Crippen LogP contribution in [0.25, 0.3) is 0 Å². The minimum Gasteiger partial charge on any atom is -0.464 e. The lowest BCUT2D eigenvalue weighted by Crippen LogP contribution is -2.59. The van der Waals surface area contributed by atoms with Gasteiger partial charge >= 0.3 is 0 Å². The highest BCUT2D eigenvalue weighted by atomic mass is 35.5. The normalized spacial score (nSPS) is 22.5. The summed E-state index contributed by atoms with van der Waals surface area (Å²) in [6, 6.07) is 11.7. The molecule has 158 valence electrons. The Morgan fingerprint density at radius 2 is 1.80 bits per heavy atom. The van der Waals surface area contributed by atoms with Gasteiger partial charge in [-0.15, -0.1) is 0 Å². The molecular formula is C23H24Cl3N3O. The van der Waals surface area contributed by atoms with E-state index in [9.17, 15) is 0 Å². The third kappa shape index (κ3) is 3.48. The third-order valence-corrected chi connectivity index (χ3v) is 7.12. The molecule has 0 aromatic heterocycles. The van der Waals surface area contributed by atoms with E-state index in [-0.39, 0.29) is 6.04 Å². The first-order valence-corrected chi connectivity index (χ1v) is 11.7. The molecule has 0 unspecified atom stereocenters. The molecule has 3 aliphatic heterocycles. The van der Waals surface area contributed by atoms with Crippen LogP contribution >= 0.6 is 34.8 Å². The Morgan fingerprint density at radius 3 is 2.50 bits per heavy atom. The Labute approximate surface area is 192 Å². The number of hydrogen-bond donors (Lipinski definition) is 0. The second kappa shape index (κ2) is 7.90. The maximum absolute atomic E-state index is 6.67. The van der Waals surface area contributed by atoms with Crippen LogP contribution in [0.3, 0.4) is 0 Å². The quantitative estimate of drug-likeness (QED) is 0.526. The topological polar surface area (TPSA) is 28.1 Å². The van der Waals surface area contributed by atoms with Crippen LogP contribution in [0.2, 0.25) is 15.1 Å². The summed E-state index contributed by atoms with van der Waals surface area (Å²) < 4.78 is 6.67. The highest BCUT2D eigenvalue weighted by molar-refractivity contribution is 6.35. The van der Waals surface area contributed by atoms with Gasteiger partial charge in [0.2, 0.25) is 5.72 Å². The molecule has 0 N–H and O–H groups in total. The van der Waals surface area contributed by atoms with Crippen molar-refractivity contribution in [3.63, 3.8) is 0 Å². The Hall–Kier alpha value is -1.46. The van der Waals surface area contributed by atoms with Crippen LogP contribution in [0.5, 0.6) is 5.75 Å². The van der Waals surface area contributed by atoms with Crippen molar-refractivity contribution in [2.24, 2.45) is 5.10 Å². The monoisotopic (exact) mass is 463 g/mol. The molecule has 0 aliphatic carbocycles. The lowest BCUT2D eigenvalue weighted by atomic mass is 9.90. The van der Waals surface area contributed by atoms with E-state index in [0.717, 1.165) is 72.9 Å². The van der Waals surface area contributed by atoms with Gasteiger partial charge in [-0.25, -0.2) is 5.01 Å². The molecule has 1 spiro atoms. The molecular weight excluding hydrogens is 441 g/mol. The van der Waals surface area contributed by atoms with Gasteiger partial charge in [-0.1, -0.05) is 53.9 Å². The fourth-order valence-electron chi connectivity index (χ4n) is 4.89. The number of fused-ring (bicyclic) bond motifs is 4. The molecule has 1 atom stereocenters. The molecule has 0 amide bonds. The Morgan fingerprint density at radius 1 is 1.07 bits per heavy atom. The summed E-state index contributed by atoms with van der Waals surface area (Å²) in [5.41, 5.74) is 2.66. The fraction of sp³-hybridized carbons (Fsp3) is 0.435. The zero-order valence-electron chi connectivity index (χ0n) is 16.9. The first kappa shape index (κ1) is 20.4. The van der Waals surface area contributed by atoms with Gasteiger partial charge in [-0.3, -0.25) is 0 Å². The molecule has 0 saturated carbocycles. The number of piperidine rings is 1. The molecule has 0 radical (unpaired) electrons. The van der Waals surface area contributed by atoms with Gasteiger partial charge in [0.1, 0.15) is 5.75 Å². The van der Waals surface area contributed by atoms with E-state index in [1.54, 1.807) is 6.07 Å². The summed E-state index contributed by atoms with van der Waals surface area (Å²) in [6.07, 6.45) is 3.72. The minimum atomic E-state index is -0.479. The minimum absolute atomic E-state index is 0.0633. The van der Waals surface area contributed by atoms with E-state index in [1.807, 2.05) is 30.3 Å². The lowest BCUT2D eigenvalue weighted by Gasteiger charge is -2.51. The molecule has 3 aliphatic rings. The molecule has 3 heterocycles. The second-order valence-electron chi connectivity index (χ2n) is 8.31. The Bertz CT molecular complexity index is 984. The summed E-state index contributed by atoms with van der Waals surface area (Å²) in [5, 5.41) is 9.20. The van der Waals surface area contributed by atoms with Crippen molar-refractivity contribution in [3.05, 3.63) is 62.6 Å². The van der Waals surface area contributed by atoms with Crippen LogP contribution in [0.1, 0.15) is 49.8 Å². The molecule has 5 rings (SSSR count). The van der Waals surface area contributed by atoms with E-state index in [2.05, 4.69) is 16.8 Å². The molecule has 1 saturated heterocycles. The van der Waals surface area contributed by atoms with Crippen molar-refractivity contribution < 1.29 is 4.74 Å². The number of hydrogen-bond acceptors (Lipinski definition) is 4. The van der Waals surface area contributed by atoms with Crippen LogP contribution < -0.4 is 4.74 Å². The number of likely N-dealkylation sites (tertiary alicyclic amines) is 1. The molecule has 1 fully saturated rings. The van der Waals surface area contributed by atoms with Crippen LogP contribution in [0.15, 0.2) is 41.5 Å². The summed E-state index contributed by atoms with van der Waals surface area (Å²) in [7, 11) is 0. The predicted molar refractivity (Wildman–Crippen MR) is 123 cm³/mol. The van der Waals surface area contributed by atoms with Gasteiger partial charge in [0.15, 0.2) is 0 Å². The van der Waals surface area contributed by atoms with Gasteiger partial charge < -0.3 is 9.64 Å². The van der Waals surface area contributed by atoms with Gasteiger partial charge in [0.05, 0.1) is 16.8 Å². The number of halogens is 3. The first-order valence-electron chi connectivity index (χ1n) is 10.5. The van der Waals surface area contributed by atoms with E-state index < -0.39 is 5.72 Å². The zero-order chi connectivity index (χ0) is 20.9. The maximum atomic E-state index is 6.67. The molecule has 0 bridgehead atoms. The molecule has 2 aromatic rings. The SMILES string of the molecule is CCCN1CCC2(CC1)Oc1c(Cl)cc(Cl)cc1[C@@H]1CC(c3ccc(Cl)cc3)=NN12. The summed E-state index contributed by atoms with van der Waals surface area (Å²) in [4.78, 5) is 2.50. The van der Waals surface area contributed by atoms with Gasteiger partial charge in [0.25, 0.3) is 0 Å². The van der Waals surface area contributed by atoms with Gasteiger partial charge in [-0.05, 0) is 42.8 Å². The van der Waals surface area contributed by atoms with Gasteiger partial charge in [-0.2, -0.15) is 5.10 Å². The maximum Gasteiger partial charge on any atom is 0.200 e. The van der Waals surface area contributed by atoms with E-state index in [1.165, 1.54) is 0 Å². The zero-order valence-corrected chi connectivity index (χ0v) is 19.1. The molecule has 2 aromatic carbocycles. The van der Waals surface area contributed by atoms with Crippen molar-refractivity contribution in [3.8, 4) is 5.75 Å². The molecule has 7 heteroatoms. The summed E-state index contributed by atoms with van der Waals surface area (Å²) >= 11 is 19.0. The Balaban J connectivity index is 1.55. The van der Waals surface area contributed by atoms with Gasteiger partial charge in [0, 0.05) is 48.0 Å². The highest BCUT2D eigenvalue weighted by Crippen LogP contribution is 2.52. The average Bonchev–Trinajstić information content (AvgIpc) is 3.18. The standard InChI is InChI=1S/C23H24Cl3N3O/c1-2-9-28-10-7-23(8-11-28)29-21(18-12-17(25)13-19(26)22(18)30-23)14-20(27-29)15-3-5-16(24)6-4-15/h3-6,12-13,21H,2,7-11,14H2,1H3/t21-/m0/s1. The van der Waals surface area contributed by atoms with Crippen molar-refractivity contribution in [2.45, 2.75) is 44.4 Å². The van der Waals surface area contributed by atoms with E-state index in [4.69, 9.17) is 44.6 Å². The first-order chi connectivity index (χ1) is 14.5.